The van der Waals surface area contributed by atoms with E-state index < -0.39 is 6.09 Å². The molecule has 0 saturated heterocycles. The molecule has 0 atom stereocenters. The minimum atomic E-state index is -1.06. The van der Waals surface area contributed by atoms with Gasteiger partial charge in [0, 0.05) is 6.20 Å². The Morgan fingerprint density at radius 2 is 2.33 bits per heavy atom. The quantitative estimate of drug-likeness (QED) is 0.674. The summed E-state index contributed by atoms with van der Waals surface area (Å²) in [5.41, 5.74) is 1.43. The van der Waals surface area contributed by atoms with Crippen LogP contribution in [0.25, 0.3) is 0 Å². The van der Waals surface area contributed by atoms with E-state index in [4.69, 9.17) is 5.11 Å². The normalized spacial score (nSPS) is 9.42. The monoisotopic (exact) mass is 167 g/mol. The van der Waals surface area contributed by atoms with E-state index in [2.05, 4.69) is 15.3 Å². The van der Waals surface area contributed by atoms with Crippen molar-refractivity contribution in [1.82, 2.24) is 15.3 Å². The summed E-state index contributed by atoms with van der Waals surface area (Å²) in [4.78, 5) is 18.0. The molecule has 2 N–H and O–H groups in total. The van der Waals surface area contributed by atoms with Crippen LogP contribution in [-0.4, -0.2) is 21.2 Å². The van der Waals surface area contributed by atoms with Gasteiger partial charge in [-0.2, -0.15) is 0 Å². The largest absolute Gasteiger partial charge is 0.465 e. The Morgan fingerprint density at radius 1 is 1.58 bits per heavy atom. The Labute approximate surface area is 69.5 Å². The molecule has 0 radical (unpaired) electrons. The second-order valence-corrected chi connectivity index (χ2v) is 2.31. The van der Waals surface area contributed by atoms with Gasteiger partial charge in [0.25, 0.3) is 0 Å². The molecule has 1 aromatic rings. The van der Waals surface area contributed by atoms with Crippen LogP contribution in [0, 0.1) is 6.92 Å². The molecule has 1 amide bonds. The minimum absolute atomic E-state index is 0.197. The van der Waals surface area contributed by atoms with Crippen molar-refractivity contribution >= 4 is 6.09 Å². The van der Waals surface area contributed by atoms with Gasteiger partial charge in [-0.05, 0) is 6.92 Å². The van der Waals surface area contributed by atoms with Gasteiger partial charge in [-0.1, -0.05) is 0 Å². The van der Waals surface area contributed by atoms with Crippen molar-refractivity contribution in [2.24, 2.45) is 0 Å². The van der Waals surface area contributed by atoms with E-state index in [-0.39, 0.29) is 6.54 Å². The van der Waals surface area contributed by atoms with E-state index in [1.165, 1.54) is 0 Å². The highest BCUT2D eigenvalue weighted by Gasteiger charge is 1.97. The number of aryl methyl sites for hydroxylation is 1. The summed E-state index contributed by atoms with van der Waals surface area (Å²) in [7, 11) is 0. The molecule has 5 nitrogen and oxygen atoms in total. The number of nitrogens with zero attached hydrogens (tertiary/aromatic N) is 2. The van der Waals surface area contributed by atoms with Gasteiger partial charge in [0.2, 0.25) is 0 Å². The highest BCUT2D eigenvalue weighted by atomic mass is 16.4. The van der Waals surface area contributed by atoms with Gasteiger partial charge >= 0.3 is 6.09 Å². The van der Waals surface area contributed by atoms with Gasteiger partial charge in [-0.25, -0.2) is 4.79 Å². The molecule has 0 aliphatic rings. The second kappa shape index (κ2) is 3.66. The lowest BCUT2D eigenvalue weighted by atomic mass is 10.4. The highest BCUT2D eigenvalue weighted by Crippen LogP contribution is 1.92. The van der Waals surface area contributed by atoms with Gasteiger partial charge in [0.05, 0.1) is 24.1 Å². The summed E-state index contributed by atoms with van der Waals surface area (Å²) in [6, 6.07) is 0. The molecule has 12 heavy (non-hydrogen) atoms. The van der Waals surface area contributed by atoms with Crippen molar-refractivity contribution in [2.75, 3.05) is 0 Å². The molecule has 0 aliphatic heterocycles. The molecule has 0 aromatic carbocycles. The summed E-state index contributed by atoms with van der Waals surface area (Å²) in [6.45, 7) is 2.02. The van der Waals surface area contributed by atoms with E-state index in [1.54, 1.807) is 12.4 Å². The van der Waals surface area contributed by atoms with Crippen LogP contribution < -0.4 is 5.32 Å². The average Bonchev–Trinajstić information content (AvgIpc) is 2.03. The summed E-state index contributed by atoms with van der Waals surface area (Å²) in [5.74, 6) is 0. The Balaban J connectivity index is 2.53. The number of aromatic nitrogens is 2. The Bertz CT molecular complexity index is 270. The number of amides is 1. The van der Waals surface area contributed by atoms with Gasteiger partial charge in [0.15, 0.2) is 0 Å². The lowest BCUT2D eigenvalue weighted by Gasteiger charge is -1.99. The predicted octanol–water partition coefficient (Wildman–Crippen LogP) is 0.553. The SMILES string of the molecule is Cc1cnc(CNC(=O)O)cn1. The van der Waals surface area contributed by atoms with Crippen LogP contribution in [0.4, 0.5) is 4.79 Å². The fourth-order valence-corrected chi connectivity index (χ4v) is 0.677. The first kappa shape index (κ1) is 8.45. The van der Waals surface area contributed by atoms with Crippen molar-refractivity contribution in [3.63, 3.8) is 0 Å². The maximum Gasteiger partial charge on any atom is 0.404 e. The molecule has 0 aliphatic carbocycles. The minimum Gasteiger partial charge on any atom is -0.465 e. The van der Waals surface area contributed by atoms with Gasteiger partial charge in [0.1, 0.15) is 0 Å². The van der Waals surface area contributed by atoms with Crippen molar-refractivity contribution < 1.29 is 9.90 Å². The number of hydrogen-bond acceptors (Lipinski definition) is 3. The van der Waals surface area contributed by atoms with Crippen LogP contribution in [0.15, 0.2) is 12.4 Å². The molecular weight excluding hydrogens is 158 g/mol. The maximum atomic E-state index is 10.1. The van der Waals surface area contributed by atoms with Crippen LogP contribution in [0.1, 0.15) is 11.4 Å². The van der Waals surface area contributed by atoms with E-state index >= 15 is 0 Å². The second-order valence-electron chi connectivity index (χ2n) is 2.31. The predicted molar refractivity (Wildman–Crippen MR) is 41.6 cm³/mol. The molecule has 0 saturated carbocycles. The van der Waals surface area contributed by atoms with E-state index in [9.17, 15) is 4.79 Å². The topological polar surface area (TPSA) is 75.1 Å². The Kier molecular flexibility index (Phi) is 2.57. The lowest BCUT2D eigenvalue weighted by molar-refractivity contribution is 0.194. The van der Waals surface area contributed by atoms with Gasteiger partial charge in [-0.15, -0.1) is 0 Å². The smallest absolute Gasteiger partial charge is 0.404 e. The first-order valence-electron chi connectivity index (χ1n) is 3.43. The zero-order valence-electron chi connectivity index (χ0n) is 6.61. The number of carbonyl (C=O) groups is 1. The lowest BCUT2D eigenvalue weighted by Crippen LogP contribution is -2.20. The summed E-state index contributed by atoms with van der Waals surface area (Å²) < 4.78 is 0. The van der Waals surface area contributed by atoms with Crippen LogP contribution in [0.5, 0.6) is 0 Å². The standard InChI is InChI=1S/C7H9N3O2/c1-5-2-9-6(3-8-5)4-10-7(11)12/h2-3,10H,4H2,1H3,(H,11,12). The third kappa shape index (κ3) is 2.53. The molecule has 0 fully saturated rings. The van der Waals surface area contributed by atoms with Crippen molar-refractivity contribution in [3.05, 3.63) is 23.8 Å². The number of nitrogens with one attached hydrogen (secondary N) is 1. The van der Waals surface area contributed by atoms with Crippen LogP contribution in [0.3, 0.4) is 0 Å². The summed E-state index contributed by atoms with van der Waals surface area (Å²) in [5, 5.41) is 10.5. The van der Waals surface area contributed by atoms with Crippen LogP contribution >= 0.6 is 0 Å². The molecule has 5 heteroatoms. The summed E-state index contributed by atoms with van der Waals surface area (Å²) >= 11 is 0. The first-order chi connectivity index (χ1) is 5.68. The molecular formula is C7H9N3O2. The van der Waals surface area contributed by atoms with Crippen LogP contribution in [-0.2, 0) is 6.54 Å². The molecule has 1 aromatic heterocycles. The zero-order valence-corrected chi connectivity index (χ0v) is 6.61. The molecule has 0 unspecified atom stereocenters. The van der Waals surface area contributed by atoms with Crippen molar-refractivity contribution in [3.8, 4) is 0 Å². The van der Waals surface area contributed by atoms with Crippen molar-refractivity contribution in [1.29, 1.82) is 0 Å². The molecule has 64 valence electrons. The number of rotatable bonds is 2. The van der Waals surface area contributed by atoms with Gasteiger partial charge < -0.3 is 10.4 Å². The first-order valence-corrected chi connectivity index (χ1v) is 3.43. The van der Waals surface area contributed by atoms with E-state index in [0.717, 1.165) is 5.69 Å². The molecule has 0 spiro atoms. The fourth-order valence-electron chi connectivity index (χ4n) is 0.677. The highest BCUT2D eigenvalue weighted by molar-refractivity contribution is 5.64. The summed E-state index contributed by atoms with van der Waals surface area (Å²) in [6.07, 6.45) is 2.09. The van der Waals surface area contributed by atoms with Gasteiger partial charge in [-0.3, -0.25) is 9.97 Å². The zero-order chi connectivity index (χ0) is 8.97. The number of carboxylic acid groups (broad SMARTS) is 1. The Morgan fingerprint density at radius 3 is 2.83 bits per heavy atom. The fraction of sp³-hybridized carbons (Fsp3) is 0.286. The van der Waals surface area contributed by atoms with Crippen molar-refractivity contribution in [2.45, 2.75) is 13.5 Å². The molecule has 1 rings (SSSR count). The third-order valence-electron chi connectivity index (χ3n) is 1.26. The average molecular weight is 167 g/mol. The van der Waals surface area contributed by atoms with E-state index in [0.29, 0.717) is 5.69 Å². The maximum absolute atomic E-state index is 10.1. The van der Waals surface area contributed by atoms with Crippen LogP contribution in [0.2, 0.25) is 0 Å². The third-order valence-corrected chi connectivity index (χ3v) is 1.26. The molecule has 0 bridgehead atoms. The van der Waals surface area contributed by atoms with E-state index in [1.807, 2.05) is 6.92 Å². The number of hydrogen-bond donors (Lipinski definition) is 2. The molecule has 1 heterocycles. The Hall–Kier alpha value is -1.65.